The Hall–Kier alpha value is -5.32. The van der Waals surface area contributed by atoms with Gasteiger partial charge in [0.25, 0.3) is 17.3 Å². The molecule has 7 rings (SSSR count). The van der Waals surface area contributed by atoms with Crippen molar-refractivity contribution in [3.8, 4) is 11.4 Å². The highest BCUT2D eigenvalue weighted by Crippen LogP contribution is 2.36. The van der Waals surface area contributed by atoms with Crippen LogP contribution in [0.15, 0.2) is 88.3 Å². The molecule has 0 saturated carbocycles. The third kappa shape index (κ3) is 5.84. The van der Waals surface area contributed by atoms with Crippen LogP contribution in [-0.4, -0.2) is 51.2 Å². The maximum atomic E-state index is 14.4. The number of carbonyl (C=O) groups excluding carboxylic acids is 1. The van der Waals surface area contributed by atoms with Gasteiger partial charge < -0.3 is 4.90 Å². The normalized spacial score (nSPS) is 15.0. The summed E-state index contributed by atoms with van der Waals surface area (Å²) in [5, 5.41) is 14.3. The zero-order valence-corrected chi connectivity index (χ0v) is 27.3. The van der Waals surface area contributed by atoms with E-state index in [0.717, 1.165) is 11.6 Å². The van der Waals surface area contributed by atoms with Crippen molar-refractivity contribution in [1.29, 1.82) is 0 Å². The molecule has 3 aromatic carbocycles. The van der Waals surface area contributed by atoms with Crippen molar-refractivity contribution in [2.24, 2.45) is 0 Å². The van der Waals surface area contributed by atoms with Crippen molar-refractivity contribution in [2.75, 3.05) is 0 Å². The van der Waals surface area contributed by atoms with Gasteiger partial charge in [-0.15, -0.1) is 5.10 Å². The highest BCUT2D eigenvalue weighted by Gasteiger charge is 2.39. The number of aromatic nitrogens is 7. The summed E-state index contributed by atoms with van der Waals surface area (Å²) in [7, 11) is 0. The monoisotopic (exact) mass is 756 g/mol. The quantitative estimate of drug-likeness (QED) is 0.188. The number of rotatable bonds is 5. The Morgan fingerprint density at radius 2 is 1.64 bits per heavy atom. The minimum atomic E-state index is -4.81. The zero-order chi connectivity index (χ0) is 35.5. The second kappa shape index (κ2) is 12.2. The predicted molar refractivity (Wildman–Crippen MR) is 170 cm³/mol. The summed E-state index contributed by atoms with van der Waals surface area (Å²) in [6.45, 7) is 1.58. The average Bonchev–Trinajstić information content (AvgIpc) is 3.74. The number of fused-ring (bicyclic) bond motifs is 3. The third-order valence-electron chi connectivity index (χ3n) is 8.54. The van der Waals surface area contributed by atoms with E-state index in [9.17, 15) is 35.9 Å². The lowest BCUT2D eigenvalue weighted by Crippen LogP contribution is -2.46. The molecular formula is C33H23BrF6N8O2. The first kappa shape index (κ1) is 33.2. The molecule has 0 bridgehead atoms. The van der Waals surface area contributed by atoms with Gasteiger partial charge in [-0.3, -0.25) is 14.2 Å². The number of tetrazole rings is 1. The molecule has 3 aromatic heterocycles. The Morgan fingerprint density at radius 3 is 2.32 bits per heavy atom. The van der Waals surface area contributed by atoms with Gasteiger partial charge in [-0.25, -0.2) is 4.52 Å². The largest absolute Gasteiger partial charge is 0.453 e. The molecule has 0 fully saturated rings. The van der Waals surface area contributed by atoms with E-state index in [0.29, 0.717) is 39.3 Å². The second-order valence-corrected chi connectivity index (χ2v) is 12.6. The van der Waals surface area contributed by atoms with E-state index in [-0.39, 0.29) is 28.7 Å². The van der Waals surface area contributed by atoms with Crippen LogP contribution in [0.2, 0.25) is 0 Å². The Labute approximate surface area is 286 Å². The average molecular weight is 757 g/mol. The number of benzene rings is 3. The van der Waals surface area contributed by atoms with Gasteiger partial charge in [0.05, 0.1) is 35.4 Å². The lowest BCUT2D eigenvalue weighted by Gasteiger charge is -2.35. The highest BCUT2D eigenvalue weighted by atomic mass is 79.9. The first-order valence-electron chi connectivity index (χ1n) is 15.0. The van der Waals surface area contributed by atoms with Crippen LogP contribution in [0.25, 0.3) is 17.0 Å². The number of hydrogen-bond acceptors (Lipinski definition) is 6. The van der Waals surface area contributed by atoms with Crippen molar-refractivity contribution in [1.82, 2.24) is 39.3 Å². The molecule has 1 aliphatic heterocycles. The van der Waals surface area contributed by atoms with Crippen molar-refractivity contribution < 1.29 is 31.1 Å². The van der Waals surface area contributed by atoms with E-state index in [1.54, 1.807) is 17.6 Å². The topological polar surface area (TPSA) is 103 Å². The summed E-state index contributed by atoms with van der Waals surface area (Å²) in [6.07, 6.45) is -7.49. The molecule has 0 spiro atoms. The van der Waals surface area contributed by atoms with Crippen LogP contribution in [0.3, 0.4) is 0 Å². The Kier molecular flexibility index (Phi) is 8.11. The van der Waals surface area contributed by atoms with Gasteiger partial charge >= 0.3 is 12.4 Å². The molecule has 50 heavy (non-hydrogen) atoms. The Bertz CT molecular complexity index is 2310. The van der Waals surface area contributed by atoms with E-state index in [1.165, 1.54) is 45.9 Å². The van der Waals surface area contributed by atoms with E-state index in [1.807, 2.05) is 30.3 Å². The van der Waals surface area contributed by atoms with Gasteiger partial charge in [-0.2, -0.15) is 36.1 Å². The van der Waals surface area contributed by atoms with Gasteiger partial charge in [0, 0.05) is 33.6 Å². The molecule has 1 amide bonds. The molecule has 4 heterocycles. The van der Waals surface area contributed by atoms with Crippen LogP contribution in [0.1, 0.15) is 51.1 Å². The SMILES string of the molecule is CC1Cc2c(n3ncc(Cc4ccccc4)c3n(-c3ccc(-n4nnnc4C(F)(F)F)cc3)c2=O)CN1C(=O)c1ccc(Br)c(C(F)(F)F)c1. The first-order valence-corrected chi connectivity index (χ1v) is 15.8. The van der Waals surface area contributed by atoms with Gasteiger partial charge in [-0.1, -0.05) is 46.3 Å². The van der Waals surface area contributed by atoms with Crippen LogP contribution in [-0.2, 0) is 31.7 Å². The summed E-state index contributed by atoms with van der Waals surface area (Å²) < 4.78 is 84.8. The molecular weight excluding hydrogens is 734 g/mol. The van der Waals surface area contributed by atoms with Gasteiger partial charge in [-0.05, 0) is 71.8 Å². The van der Waals surface area contributed by atoms with Gasteiger partial charge in [0.1, 0.15) is 5.65 Å². The van der Waals surface area contributed by atoms with Crippen LogP contribution in [0.5, 0.6) is 0 Å². The number of halogens is 7. The summed E-state index contributed by atoms with van der Waals surface area (Å²) >= 11 is 2.91. The van der Waals surface area contributed by atoms with Gasteiger partial charge in [0.15, 0.2) is 0 Å². The maximum absolute atomic E-state index is 14.4. The summed E-state index contributed by atoms with van der Waals surface area (Å²) in [4.78, 5) is 29.6. The van der Waals surface area contributed by atoms with Crippen molar-refractivity contribution in [3.63, 3.8) is 0 Å². The standard InChI is InChI=1S/C33H23BrF6N8O2/c1-18-13-24-27(17-45(18)29(49)20-7-12-26(34)25(15-20)32(35,36)37)48-28(21(16-41-48)14-19-5-3-2-4-6-19)46(30(24)50)22-8-10-23(11-9-22)47-31(33(38,39)40)42-43-44-47/h2-12,15-16,18H,13-14,17H2,1H3. The molecule has 256 valence electrons. The Morgan fingerprint density at radius 1 is 0.940 bits per heavy atom. The van der Waals surface area contributed by atoms with Crippen LogP contribution in [0, 0.1) is 0 Å². The molecule has 1 unspecified atom stereocenters. The fourth-order valence-electron chi connectivity index (χ4n) is 6.16. The fraction of sp³-hybridized carbons (Fsp3) is 0.212. The minimum Gasteiger partial charge on any atom is -0.330 e. The first-order chi connectivity index (χ1) is 23.7. The van der Waals surface area contributed by atoms with E-state index in [2.05, 4.69) is 36.6 Å². The second-order valence-electron chi connectivity index (χ2n) is 11.7. The molecule has 0 radical (unpaired) electrons. The lowest BCUT2D eigenvalue weighted by molar-refractivity contribution is -0.146. The minimum absolute atomic E-state index is 0.00974. The molecule has 17 heteroatoms. The molecule has 10 nitrogen and oxygen atoms in total. The third-order valence-corrected chi connectivity index (χ3v) is 9.23. The van der Waals surface area contributed by atoms with Crippen LogP contribution >= 0.6 is 15.9 Å². The van der Waals surface area contributed by atoms with Crippen LogP contribution < -0.4 is 5.56 Å². The number of carbonyl (C=O) groups is 1. The highest BCUT2D eigenvalue weighted by molar-refractivity contribution is 9.10. The van der Waals surface area contributed by atoms with Crippen molar-refractivity contribution >= 4 is 27.5 Å². The molecule has 1 atom stereocenters. The molecule has 0 aliphatic carbocycles. The number of nitrogens with zero attached hydrogens (tertiary/aromatic N) is 8. The predicted octanol–water partition coefficient (Wildman–Crippen LogP) is 6.44. The van der Waals surface area contributed by atoms with E-state index < -0.39 is 41.2 Å². The number of amides is 1. The maximum Gasteiger partial charge on any atom is 0.453 e. The summed E-state index contributed by atoms with van der Waals surface area (Å²) in [5.74, 6) is -1.96. The molecule has 0 N–H and O–H groups in total. The zero-order valence-electron chi connectivity index (χ0n) is 25.7. The Balaban J connectivity index is 1.35. The van der Waals surface area contributed by atoms with Gasteiger partial charge in [0.2, 0.25) is 0 Å². The van der Waals surface area contributed by atoms with Crippen molar-refractivity contribution in [3.05, 3.63) is 133 Å². The summed E-state index contributed by atoms with van der Waals surface area (Å²) in [5.41, 5.74) is 1.37. The molecule has 1 aliphatic rings. The lowest BCUT2D eigenvalue weighted by atomic mass is 9.97. The number of hydrogen-bond donors (Lipinski definition) is 0. The van der Waals surface area contributed by atoms with Crippen molar-refractivity contribution in [2.45, 2.75) is 44.7 Å². The summed E-state index contributed by atoms with van der Waals surface area (Å²) in [6, 6.07) is 17.7. The van der Waals surface area contributed by atoms with E-state index >= 15 is 0 Å². The number of alkyl halides is 6. The fourth-order valence-corrected chi connectivity index (χ4v) is 6.63. The molecule has 0 saturated heterocycles. The van der Waals surface area contributed by atoms with E-state index in [4.69, 9.17) is 0 Å². The van der Waals surface area contributed by atoms with Crippen LogP contribution in [0.4, 0.5) is 26.3 Å². The molecule has 6 aromatic rings. The smallest absolute Gasteiger partial charge is 0.330 e.